The Hall–Kier alpha value is -0.843. The zero-order valence-electron chi connectivity index (χ0n) is 12.2. The van der Waals surface area contributed by atoms with Crippen molar-refractivity contribution in [3.05, 3.63) is 29.8 Å². The summed E-state index contributed by atoms with van der Waals surface area (Å²) in [6.07, 6.45) is 1.12. The van der Waals surface area contributed by atoms with Gasteiger partial charge in [0, 0.05) is 19.2 Å². The van der Waals surface area contributed by atoms with Crippen molar-refractivity contribution in [3.63, 3.8) is 0 Å². The summed E-state index contributed by atoms with van der Waals surface area (Å²) in [7, 11) is 2.34. The maximum atomic E-state index is 5.40. The van der Waals surface area contributed by atoms with E-state index < -0.39 is 8.07 Å². The first-order valence-corrected chi connectivity index (χ1v) is 10.00. The molecule has 0 saturated carbocycles. The van der Waals surface area contributed by atoms with E-state index in [0.717, 1.165) is 18.5 Å². The van der Waals surface area contributed by atoms with Crippen LogP contribution >= 0.6 is 0 Å². The molecule has 0 heterocycles. The van der Waals surface area contributed by atoms with Gasteiger partial charge in [0.05, 0.1) is 21.9 Å². The first-order valence-electron chi connectivity index (χ1n) is 6.29. The van der Waals surface area contributed by atoms with Crippen LogP contribution in [0.25, 0.3) is 0 Å². The van der Waals surface area contributed by atoms with Crippen molar-refractivity contribution in [1.82, 2.24) is 4.90 Å². The second-order valence-corrected chi connectivity index (χ2v) is 11.2. The quantitative estimate of drug-likeness (QED) is 0.560. The maximum absolute atomic E-state index is 5.40. The minimum atomic E-state index is -1.13. The molecule has 0 aromatic heterocycles. The lowest BCUT2D eigenvalue weighted by molar-refractivity contribution is 0.0692. The number of nitrogens with zero attached hydrogens (tertiary/aromatic N) is 1. The van der Waals surface area contributed by atoms with E-state index in [0.29, 0.717) is 6.73 Å². The second-order valence-electron chi connectivity index (χ2n) is 5.78. The fraction of sp³-hybridized carbons (Fsp3) is 0.571. The lowest BCUT2D eigenvalue weighted by Crippen LogP contribution is -2.40. The topological polar surface area (TPSA) is 21.7 Å². The van der Waals surface area contributed by atoms with Crippen molar-refractivity contribution < 1.29 is 9.47 Å². The molecule has 1 rings (SSSR count). The zero-order valence-corrected chi connectivity index (χ0v) is 13.2. The molecule has 0 unspecified atom stereocenters. The Morgan fingerprint density at radius 3 is 2.33 bits per heavy atom. The van der Waals surface area contributed by atoms with Crippen molar-refractivity contribution in [2.75, 3.05) is 27.1 Å². The Bertz CT molecular complexity index is 363. The summed E-state index contributed by atoms with van der Waals surface area (Å²) >= 11 is 0. The van der Waals surface area contributed by atoms with E-state index >= 15 is 0 Å². The van der Waals surface area contributed by atoms with E-state index in [2.05, 4.69) is 36.7 Å². The average molecular weight is 267 g/mol. The normalized spacial score (nSPS) is 11.9. The summed E-state index contributed by atoms with van der Waals surface area (Å²) in [4.78, 5) is 2.35. The van der Waals surface area contributed by atoms with E-state index in [1.54, 1.807) is 14.2 Å². The summed E-state index contributed by atoms with van der Waals surface area (Å²) in [5.74, 6) is 0.953. The Morgan fingerprint density at radius 1 is 1.11 bits per heavy atom. The molecule has 18 heavy (non-hydrogen) atoms. The minimum absolute atomic E-state index is 0.669. The molecule has 3 nitrogen and oxygen atoms in total. The van der Waals surface area contributed by atoms with Gasteiger partial charge in [0.25, 0.3) is 0 Å². The van der Waals surface area contributed by atoms with Gasteiger partial charge in [0.1, 0.15) is 5.75 Å². The smallest absolute Gasteiger partial charge is 0.123 e. The summed E-state index contributed by atoms with van der Waals surface area (Å²) in [6, 6.07) is 8.18. The van der Waals surface area contributed by atoms with E-state index in [-0.39, 0.29) is 0 Å². The number of hydrogen-bond acceptors (Lipinski definition) is 3. The lowest BCUT2D eigenvalue weighted by atomic mass is 10.2. The fourth-order valence-corrected chi connectivity index (χ4v) is 3.62. The maximum Gasteiger partial charge on any atom is 0.123 e. The van der Waals surface area contributed by atoms with E-state index in [9.17, 15) is 0 Å². The van der Waals surface area contributed by atoms with E-state index in [1.807, 2.05) is 12.1 Å². The Kier molecular flexibility index (Phi) is 5.85. The van der Waals surface area contributed by atoms with Gasteiger partial charge in [-0.2, -0.15) is 0 Å². The number of methoxy groups -OCH3 is 2. The first kappa shape index (κ1) is 15.2. The average Bonchev–Trinajstić information content (AvgIpc) is 2.28. The Labute approximate surface area is 112 Å². The molecule has 1 aromatic carbocycles. The third-order valence-corrected chi connectivity index (χ3v) is 3.99. The van der Waals surface area contributed by atoms with Gasteiger partial charge in [-0.25, -0.2) is 0 Å². The number of hydrogen-bond donors (Lipinski definition) is 0. The number of benzene rings is 1. The van der Waals surface area contributed by atoms with Crippen LogP contribution in [0.1, 0.15) is 5.56 Å². The third-order valence-electron chi connectivity index (χ3n) is 2.60. The van der Waals surface area contributed by atoms with Crippen LogP contribution < -0.4 is 4.74 Å². The van der Waals surface area contributed by atoms with Gasteiger partial charge in [-0.05, 0) is 12.2 Å². The van der Waals surface area contributed by atoms with Crippen LogP contribution in [0.5, 0.6) is 5.75 Å². The fourth-order valence-electron chi connectivity index (χ4n) is 2.08. The summed E-state index contributed by atoms with van der Waals surface area (Å²) in [6.45, 7) is 8.66. The molecule has 0 spiro atoms. The van der Waals surface area contributed by atoms with Crippen LogP contribution in [0, 0.1) is 0 Å². The van der Waals surface area contributed by atoms with Crippen molar-refractivity contribution in [3.8, 4) is 5.75 Å². The van der Waals surface area contributed by atoms with Crippen LogP contribution in [0.4, 0.5) is 0 Å². The molecule has 0 aliphatic carbocycles. The highest BCUT2D eigenvalue weighted by atomic mass is 28.3. The van der Waals surface area contributed by atoms with Crippen molar-refractivity contribution in [2.24, 2.45) is 0 Å². The molecule has 0 bridgehead atoms. The van der Waals surface area contributed by atoms with Gasteiger partial charge in [-0.15, -0.1) is 0 Å². The minimum Gasteiger partial charge on any atom is -0.496 e. The first-order chi connectivity index (χ1) is 8.46. The molecule has 0 radical (unpaired) electrons. The monoisotopic (exact) mass is 267 g/mol. The van der Waals surface area contributed by atoms with Crippen LogP contribution in [-0.4, -0.2) is 40.1 Å². The standard InChI is InChI=1S/C14H25NO2Si/c1-16-11-15(12-18(3,4)5)10-13-8-6-7-9-14(13)17-2/h6-9H,10-12H2,1-5H3. The van der Waals surface area contributed by atoms with Crippen LogP contribution in [0.15, 0.2) is 24.3 Å². The number of para-hydroxylation sites is 1. The molecule has 0 aliphatic heterocycles. The van der Waals surface area contributed by atoms with Gasteiger partial charge in [-0.3, -0.25) is 4.90 Å². The predicted molar refractivity (Wildman–Crippen MR) is 78.6 cm³/mol. The highest BCUT2D eigenvalue weighted by Crippen LogP contribution is 2.20. The molecule has 102 valence electrons. The molecular weight excluding hydrogens is 242 g/mol. The second kappa shape index (κ2) is 6.92. The lowest BCUT2D eigenvalue weighted by Gasteiger charge is -2.28. The van der Waals surface area contributed by atoms with Crippen LogP contribution in [0.3, 0.4) is 0 Å². The van der Waals surface area contributed by atoms with Crippen LogP contribution in [-0.2, 0) is 11.3 Å². The molecule has 0 amide bonds. The van der Waals surface area contributed by atoms with Crippen molar-refractivity contribution in [2.45, 2.75) is 26.2 Å². The van der Waals surface area contributed by atoms with Crippen molar-refractivity contribution in [1.29, 1.82) is 0 Å². The molecular formula is C14H25NO2Si. The van der Waals surface area contributed by atoms with Gasteiger partial charge < -0.3 is 9.47 Å². The van der Waals surface area contributed by atoms with E-state index in [4.69, 9.17) is 9.47 Å². The predicted octanol–water partition coefficient (Wildman–Crippen LogP) is 2.98. The third kappa shape index (κ3) is 5.21. The zero-order chi connectivity index (χ0) is 13.6. The van der Waals surface area contributed by atoms with Crippen molar-refractivity contribution >= 4 is 8.07 Å². The van der Waals surface area contributed by atoms with Gasteiger partial charge in [0.15, 0.2) is 0 Å². The molecule has 0 N–H and O–H groups in total. The summed E-state index contributed by atoms with van der Waals surface area (Å²) in [5, 5.41) is 0. The highest BCUT2D eigenvalue weighted by molar-refractivity contribution is 6.76. The summed E-state index contributed by atoms with van der Waals surface area (Å²) in [5.41, 5.74) is 1.22. The van der Waals surface area contributed by atoms with E-state index in [1.165, 1.54) is 5.56 Å². The van der Waals surface area contributed by atoms with Gasteiger partial charge in [-0.1, -0.05) is 37.8 Å². The highest BCUT2D eigenvalue weighted by Gasteiger charge is 2.19. The Balaban J connectivity index is 2.76. The molecule has 1 aromatic rings. The Morgan fingerprint density at radius 2 is 1.78 bits per heavy atom. The number of ether oxygens (including phenoxy) is 2. The molecule has 0 saturated heterocycles. The van der Waals surface area contributed by atoms with Crippen LogP contribution in [0.2, 0.25) is 19.6 Å². The largest absolute Gasteiger partial charge is 0.496 e. The SMILES string of the molecule is COCN(Cc1ccccc1OC)C[Si](C)(C)C. The molecule has 0 fully saturated rings. The molecule has 0 aliphatic rings. The van der Waals surface area contributed by atoms with Gasteiger partial charge >= 0.3 is 0 Å². The summed E-state index contributed by atoms with van der Waals surface area (Å²) < 4.78 is 10.7. The molecule has 4 heteroatoms. The van der Waals surface area contributed by atoms with Gasteiger partial charge in [0.2, 0.25) is 0 Å². The molecule has 0 atom stereocenters. The number of rotatable bonds is 7.